The first-order valence-corrected chi connectivity index (χ1v) is 12.8. The normalized spacial score (nSPS) is 22.1. The molecule has 0 spiro atoms. The van der Waals surface area contributed by atoms with Gasteiger partial charge in [0.05, 0.1) is 5.56 Å². The maximum absolute atomic E-state index is 12.2. The molecule has 5 atom stereocenters. The highest BCUT2D eigenvalue weighted by atomic mass is 16.7. The Balaban J connectivity index is 1.40. The number of carbonyl (C=O) groups excluding carboxylic acids is 1. The Morgan fingerprint density at radius 1 is 0.837 bits per heavy atom. The van der Waals surface area contributed by atoms with Crippen molar-refractivity contribution >= 4 is 12.0 Å². The monoisotopic (exact) mass is 594 g/mol. The third-order valence-corrected chi connectivity index (χ3v) is 6.65. The minimum atomic E-state index is -1.81. The second kappa shape index (κ2) is 12.0. The minimum absolute atomic E-state index is 0.0399. The van der Waals surface area contributed by atoms with Gasteiger partial charge in [0.2, 0.25) is 6.29 Å². The number of phenols is 4. The van der Waals surface area contributed by atoms with Gasteiger partial charge in [-0.15, -0.1) is 0 Å². The van der Waals surface area contributed by atoms with Crippen LogP contribution in [0.25, 0.3) is 28.7 Å². The smallest absolute Gasteiger partial charge is 0.330 e. The molecule has 0 amide bonds. The van der Waals surface area contributed by atoms with Crippen molar-refractivity contribution in [2.75, 3.05) is 6.61 Å². The van der Waals surface area contributed by atoms with Crippen LogP contribution in [0.4, 0.5) is 0 Å². The Morgan fingerprint density at radius 3 is 2.30 bits per heavy atom. The number of aliphatic hydroxyl groups excluding tert-OH is 3. The van der Waals surface area contributed by atoms with Crippen molar-refractivity contribution < 1.29 is 59.2 Å². The van der Waals surface area contributed by atoms with Gasteiger partial charge >= 0.3 is 5.97 Å². The first-order valence-electron chi connectivity index (χ1n) is 12.8. The second-order valence-electron chi connectivity index (χ2n) is 9.68. The first-order chi connectivity index (χ1) is 20.5. The number of hydrogen-bond donors (Lipinski definition) is 7. The largest absolute Gasteiger partial charge is 0.508 e. The number of aromatic hydroxyl groups is 4. The highest BCUT2D eigenvalue weighted by molar-refractivity contribution is 5.87. The van der Waals surface area contributed by atoms with Crippen LogP contribution in [0, 0.1) is 0 Å². The summed E-state index contributed by atoms with van der Waals surface area (Å²) in [6.45, 7) is -0.544. The predicted molar refractivity (Wildman–Crippen MR) is 147 cm³/mol. The Kier molecular flexibility index (Phi) is 8.23. The van der Waals surface area contributed by atoms with E-state index in [0.29, 0.717) is 5.56 Å². The van der Waals surface area contributed by atoms with Crippen LogP contribution in [0.15, 0.2) is 76.0 Å². The highest BCUT2D eigenvalue weighted by Crippen LogP contribution is 2.43. The fourth-order valence-electron chi connectivity index (χ4n) is 4.37. The quantitative estimate of drug-likeness (QED) is 0.0922. The Morgan fingerprint density at radius 2 is 1.58 bits per heavy atom. The molecule has 2 aromatic rings. The number of fused-ring (bicyclic) bond motifs is 1. The Hall–Kier alpha value is -5.08. The zero-order valence-electron chi connectivity index (χ0n) is 22.1. The first kappa shape index (κ1) is 29.4. The molecule has 224 valence electrons. The average molecular weight is 595 g/mol. The molecule has 43 heavy (non-hydrogen) atoms. The maximum atomic E-state index is 12.2. The number of ether oxygens (including phenoxy) is 3. The van der Waals surface area contributed by atoms with E-state index in [1.54, 1.807) is 12.1 Å². The lowest BCUT2D eigenvalue weighted by Gasteiger charge is -2.40. The minimum Gasteiger partial charge on any atom is -0.508 e. The molecule has 0 bridgehead atoms. The summed E-state index contributed by atoms with van der Waals surface area (Å²) in [5, 5.41) is 71.1. The third-order valence-electron chi connectivity index (χ3n) is 6.65. The number of rotatable bonds is 7. The zero-order chi connectivity index (χ0) is 30.8. The van der Waals surface area contributed by atoms with Gasteiger partial charge in [-0.1, -0.05) is 12.1 Å². The number of esters is 1. The number of benzene rings is 3. The molecule has 0 aromatic heterocycles. The van der Waals surface area contributed by atoms with Crippen LogP contribution in [-0.4, -0.2) is 79.0 Å². The fourth-order valence-corrected chi connectivity index (χ4v) is 4.37. The molecule has 0 radical (unpaired) electrons. The predicted octanol–water partition coefficient (Wildman–Crippen LogP) is 1.68. The molecular weight excluding hydrogens is 568 g/mol. The molecule has 1 fully saturated rings. The van der Waals surface area contributed by atoms with Gasteiger partial charge in [0.15, 0.2) is 28.4 Å². The van der Waals surface area contributed by atoms with Crippen LogP contribution >= 0.6 is 0 Å². The van der Waals surface area contributed by atoms with Crippen LogP contribution in [0.2, 0.25) is 0 Å². The van der Waals surface area contributed by atoms with E-state index in [4.69, 9.17) is 18.6 Å². The van der Waals surface area contributed by atoms with E-state index in [9.17, 15) is 45.3 Å². The summed E-state index contributed by atoms with van der Waals surface area (Å²) in [6.07, 6.45) is -5.79. The summed E-state index contributed by atoms with van der Waals surface area (Å²) in [5.41, 5.74) is 0.241. The van der Waals surface area contributed by atoms with Gasteiger partial charge in [-0.05, 0) is 48.0 Å². The molecule has 2 aromatic carbocycles. The summed E-state index contributed by atoms with van der Waals surface area (Å²) in [6, 6.07) is 13.0. The topological polar surface area (TPSA) is 217 Å². The van der Waals surface area contributed by atoms with Gasteiger partial charge in [-0.3, -0.25) is 4.79 Å². The van der Waals surface area contributed by atoms with Crippen LogP contribution in [0.5, 0.6) is 28.7 Å². The van der Waals surface area contributed by atoms with Crippen molar-refractivity contribution in [3.8, 4) is 51.4 Å². The summed E-state index contributed by atoms with van der Waals surface area (Å²) in [7, 11) is 0. The molecular formula is C30H26O13. The molecule has 13 heteroatoms. The van der Waals surface area contributed by atoms with Crippen molar-refractivity contribution in [2.24, 2.45) is 0 Å². The fraction of sp³-hybridized carbons (Fsp3) is 0.200. The van der Waals surface area contributed by atoms with Crippen molar-refractivity contribution in [3.63, 3.8) is 0 Å². The number of hydrogen-bond acceptors (Lipinski definition) is 13. The van der Waals surface area contributed by atoms with Crippen LogP contribution < -0.4 is 10.2 Å². The Bertz CT molecular complexity index is 1680. The zero-order valence-corrected chi connectivity index (χ0v) is 22.1. The molecule has 2 heterocycles. The molecule has 5 rings (SSSR count). The molecule has 1 saturated heterocycles. The lowest BCUT2D eigenvalue weighted by molar-refractivity contribution is -0.278. The summed E-state index contributed by atoms with van der Waals surface area (Å²) in [4.78, 5) is 24.2. The molecule has 3 aliphatic rings. The number of phenolic OH excluding ortho intramolecular Hbond substituents is 4. The van der Waals surface area contributed by atoms with Gasteiger partial charge in [0, 0.05) is 23.8 Å². The van der Waals surface area contributed by atoms with E-state index in [2.05, 4.69) is 0 Å². The van der Waals surface area contributed by atoms with Crippen molar-refractivity contribution in [1.29, 1.82) is 0 Å². The maximum Gasteiger partial charge on any atom is 0.330 e. The van der Waals surface area contributed by atoms with Gasteiger partial charge in [0.25, 0.3) is 0 Å². The van der Waals surface area contributed by atoms with E-state index in [-0.39, 0.29) is 34.1 Å². The van der Waals surface area contributed by atoms with Crippen molar-refractivity contribution in [2.45, 2.75) is 30.7 Å². The molecule has 13 nitrogen and oxygen atoms in total. The summed E-state index contributed by atoms with van der Waals surface area (Å²) >= 11 is 0. The molecule has 5 unspecified atom stereocenters. The average Bonchev–Trinajstić information content (AvgIpc) is 2.98. The van der Waals surface area contributed by atoms with E-state index >= 15 is 0 Å². The Labute approximate surface area is 242 Å². The van der Waals surface area contributed by atoms with Gasteiger partial charge in [-0.25, -0.2) is 4.79 Å². The van der Waals surface area contributed by atoms with E-state index < -0.39 is 66.0 Å². The van der Waals surface area contributed by atoms with Crippen molar-refractivity contribution in [3.05, 3.63) is 82.5 Å². The second-order valence-corrected chi connectivity index (χ2v) is 9.68. The van der Waals surface area contributed by atoms with Crippen LogP contribution in [-0.2, 0) is 14.3 Å². The molecule has 1 aliphatic carbocycles. The van der Waals surface area contributed by atoms with Gasteiger partial charge in [0.1, 0.15) is 48.3 Å². The number of aliphatic hydroxyl groups is 3. The molecule has 2 aliphatic heterocycles. The molecule has 7 N–H and O–H groups in total. The van der Waals surface area contributed by atoms with Crippen LogP contribution in [0.1, 0.15) is 5.56 Å². The van der Waals surface area contributed by atoms with Crippen molar-refractivity contribution in [1.82, 2.24) is 0 Å². The standard InChI is InChI=1S/C30H26O13/c31-16-5-1-14(2-6-16)3-8-25(36)40-13-24-26(37)27(38)28(39)30(43-24)42-23-12-18-20(34)10-17(32)11-22(18)41-29(23)15-4-7-19(33)21(35)9-15/h1-12,24,26-28,30-31,33-35,37-39H,13H2. The lowest BCUT2D eigenvalue weighted by atomic mass is 9.99. The SMILES string of the molecule is O=C(C=Cc1ccc(O)cc1)OCC1OC(Oc2cc3c(O)cc(=O)cc-3oc2-c2ccc(O)c(O)c2)C(O)C(O)C1O. The van der Waals surface area contributed by atoms with Crippen LogP contribution in [0.3, 0.4) is 0 Å². The van der Waals surface area contributed by atoms with Gasteiger partial charge < -0.3 is 54.4 Å². The third kappa shape index (κ3) is 6.39. The van der Waals surface area contributed by atoms with E-state index in [0.717, 1.165) is 24.3 Å². The van der Waals surface area contributed by atoms with E-state index in [1.165, 1.54) is 36.4 Å². The summed E-state index contributed by atoms with van der Waals surface area (Å²) in [5.74, 6) is -2.48. The number of carbonyl (C=O) groups is 1. The van der Waals surface area contributed by atoms with E-state index in [1.807, 2.05) is 0 Å². The van der Waals surface area contributed by atoms with Gasteiger partial charge in [-0.2, -0.15) is 0 Å². The lowest BCUT2D eigenvalue weighted by Crippen LogP contribution is -2.60. The highest BCUT2D eigenvalue weighted by Gasteiger charge is 2.46. The molecule has 0 saturated carbocycles. The summed E-state index contributed by atoms with van der Waals surface area (Å²) < 4.78 is 22.5.